The number of ketones is 3. The predicted octanol–water partition coefficient (Wildman–Crippen LogP) is 1.55. The van der Waals surface area contributed by atoms with Gasteiger partial charge in [-0.05, 0) is 33.8 Å². The molecule has 0 aromatic heterocycles. The van der Waals surface area contributed by atoms with Gasteiger partial charge in [0.05, 0.1) is 54.8 Å². The summed E-state index contributed by atoms with van der Waals surface area (Å²) in [6.07, 6.45) is -6.71. The summed E-state index contributed by atoms with van der Waals surface area (Å²) < 4.78 is 29.5. The number of phenolic OH excluding ortho intramolecular Hbond substituents is 2. The zero-order chi connectivity index (χ0) is 35.2. The minimum Gasteiger partial charge on any atom is -0.507 e. The first-order chi connectivity index (χ1) is 22.6. The Kier molecular flexibility index (Phi) is 10.3. The summed E-state index contributed by atoms with van der Waals surface area (Å²) in [5.74, 6) is -3.31. The molecule has 2 aliphatic carbocycles. The summed E-state index contributed by atoms with van der Waals surface area (Å²) in [7, 11) is 1.33. The number of aromatic hydroxyl groups is 2. The third-order valence-corrected chi connectivity index (χ3v) is 9.25. The second kappa shape index (κ2) is 13.8. The fraction of sp³-hybridized carbons (Fsp3) is 0.559. The molecule has 0 bridgehead atoms. The van der Waals surface area contributed by atoms with Crippen molar-refractivity contribution in [3.05, 3.63) is 51.6 Å². The van der Waals surface area contributed by atoms with Crippen molar-refractivity contribution in [1.82, 2.24) is 0 Å². The van der Waals surface area contributed by atoms with Crippen molar-refractivity contribution in [3.8, 4) is 17.2 Å². The van der Waals surface area contributed by atoms with Gasteiger partial charge >= 0.3 is 0 Å². The van der Waals surface area contributed by atoms with E-state index >= 15 is 0 Å². The SMILES string of the molecule is COc1cccc2c1C(=O)c1c(O)c3c(c(O)c1C2=O)C[C@@](O)(C(C)=O)C[C@@H]3OC1CC(N)C(OC(CC(C)O)OC(C)CO)C(C)O1. The summed E-state index contributed by atoms with van der Waals surface area (Å²) in [6.45, 7) is 5.82. The monoisotopic (exact) mass is 673 g/mol. The van der Waals surface area contributed by atoms with Crippen molar-refractivity contribution < 1.29 is 63.6 Å². The van der Waals surface area contributed by atoms with Gasteiger partial charge in [0.25, 0.3) is 0 Å². The Hall–Kier alpha value is -3.47. The van der Waals surface area contributed by atoms with Crippen LogP contribution in [0, 0.1) is 0 Å². The normalized spacial score (nSPS) is 28.6. The first-order valence-electron chi connectivity index (χ1n) is 15.9. The van der Waals surface area contributed by atoms with Gasteiger partial charge in [-0.15, -0.1) is 0 Å². The highest BCUT2D eigenvalue weighted by Crippen LogP contribution is 2.52. The summed E-state index contributed by atoms with van der Waals surface area (Å²) in [5, 5.41) is 54.0. The van der Waals surface area contributed by atoms with Crippen molar-refractivity contribution in [2.24, 2.45) is 5.73 Å². The average molecular weight is 674 g/mol. The molecule has 1 aliphatic heterocycles. The number of benzene rings is 2. The Morgan fingerprint density at radius 3 is 2.42 bits per heavy atom. The number of methoxy groups -OCH3 is 1. The van der Waals surface area contributed by atoms with E-state index in [0.29, 0.717) is 0 Å². The number of hydrogen-bond acceptors (Lipinski definition) is 14. The fourth-order valence-electron chi connectivity index (χ4n) is 6.76. The summed E-state index contributed by atoms with van der Waals surface area (Å²) in [6, 6.07) is 3.72. The highest BCUT2D eigenvalue weighted by Gasteiger charge is 2.49. The standard InChI is InChI=1S/C34H43NO13/c1-14(37)9-23(45-15(2)13-36)48-33-16(3)46-24(10-20(33)35)47-22-12-34(43,17(4)38)11-19-26(22)32(42)28-27(30(19)40)29(39)18-7-6-8-21(44-5)25(18)31(28)41/h6-8,14-16,20,22-24,33,36-37,40,42-43H,9-13,35H2,1-5H3/t14?,15?,16?,20?,22-,23?,24?,33?,34-/m0/s1. The maximum absolute atomic E-state index is 13.8. The van der Waals surface area contributed by atoms with Crippen LogP contribution in [0.5, 0.6) is 17.2 Å². The number of phenols is 2. The van der Waals surface area contributed by atoms with Gasteiger partial charge in [0.2, 0.25) is 5.78 Å². The number of aliphatic hydroxyl groups is 3. The van der Waals surface area contributed by atoms with Crippen molar-refractivity contribution >= 4 is 17.3 Å². The van der Waals surface area contributed by atoms with E-state index in [-0.39, 0.29) is 53.9 Å². The lowest BCUT2D eigenvalue weighted by molar-refractivity contribution is -0.285. The van der Waals surface area contributed by atoms with Gasteiger partial charge in [-0.1, -0.05) is 12.1 Å². The number of hydrogen-bond donors (Lipinski definition) is 6. The lowest BCUT2D eigenvalue weighted by atomic mass is 9.72. The van der Waals surface area contributed by atoms with E-state index in [0.717, 1.165) is 0 Å². The Morgan fingerprint density at radius 2 is 1.81 bits per heavy atom. The number of carbonyl (C=O) groups is 3. The van der Waals surface area contributed by atoms with Crippen LogP contribution in [0.4, 0.5) is 0 Å². The van der Waals surface area contributed by atoms with Crippen LogP contribution in [0.1, 0.15) is 96.0 Å². The summed E-state index contributed by atoms with van der Waals surface area (Å²) >= 11 is 0. The maximum atomic E-state index is 13.8. The molecule has 0 amide bonds. The molecule has 3 aliphatic rings. The molecule has 0 saturated carbocycles. The highest BCUT2D eigenvalue weighted by atomic mass is 16.7. The largest absolute Gasteiger partial charge is 0.507 e. The number of aliphatic hydroxyl groups excluding tert-OH is 2. The number of fused-ring (bicyclic) bond motifs is 3. The number of rotatable bonds is 11. The quantitative estimate of drug-likeness (QED) is 0.126. The minimum absolute atomic E-state index is 0.0332. The Bertz CT molecular complexity index is 1580. The molecule has 0 radical (unpaired) electrons. The topological polar surface area (TPSA) is 225 Å². The molecule has 1 fully saturated rings. The molecule has 1 heterocycles. The van der Waals surface area contributed by atoms with Gasteiger partial charge in [-0.25, -0.2) is 0 Å². The number of carbonyl (C=O) groups excluding carboxylic acids is 3. The molecule has 2 aromatic rings. The molecule has 1 saturated heterocycles. The van der Waals surface area contributed by atoms with Gasteiger partial charge < -0.3 is 55.0 Å². The lowest BCUT2D eigenvalue weighted by Crippen LogP contribution is -2.55. The molecular formula is C34H43NO13. The molecule has 7 N–H and O–H groups in total. The van der Waals surface area contributed by atoms with Gasteiger partial charge in [-0.3, -0.25) is 14.4 Å². The smallest absolute Gasteiger partial charge is 0.202 e. The van der Waals surface area contributed by atoms with Crippen molar-refractivity contribution in [2.45, 2.75) is 108 Å². The number of Topliss-reactive ketones (excluding diaryl/α,β-unsaturated/α-hetero) is 1. The van der Waals surface area contributed by atoms with Crippen LogP contribution in [0.2, 0.25) is 0 Å². The Labute approximate surface area is 277 Å². The van der Waals surface area contributed by atoms with Crippen LogP contribution in [0.3, 0.4) is 0 Å². The lowest BCUT2D eigenvalue weighted by Gasteiger charge is -2.43. The van der Waals surface area contributed by atoms with Crippen molar-refractivity contribution in [1.29, 1.82) is 0 Å². The summed E-state index contributed by atoms with van der Waals surface area (Å²) in [4.78, 5) is 40.2. The van der Waals surface area contributed by atoms with Crippen LogP contribution in [0.25, 0.3) is 0 Å². The first-order valence-corrected chi connectivity index (χ1v) is 15.9. The minimum atomic E-state index is -2.05. The molecule has 7 unspecified atom stereocenters. The Morgan fingerprint density at radius 1 is 1.12 bits per heavy atom. The molecule has 14 heteroatoms. The van der Waals surface area contributed by atoms with Crippen molar-refractivity contribution in [2.75, 3.05) is 13.7 Å². The summed E-state index contributed by atoms with van der Waals surface area (Å²) in [5.41, 5.74) is 3.28. The van der Waals surface area contributed by atoms with E-state index in [1.54, 1.807) is 20.8 Å². The van der Waals surface area contributed by atoms with Crippen molar-refractivity contribution in [3.63, 3.8) is 0 Å². The van der Waals surface area contributed by atoms with Gasteiger partial charge in [0.1, 0.15) is 29.0 Å². The molecule has 9 atom stereocenters. The van der Waals surface area contributed by atoms with E-state index in [2.05, 4.69) is 0 Å². The van der Waals surface area contributed by atoms with Crippen LogP contribution >= 0.6 is 0 Å². The van der Waals surface area contributed by atoms with E-state index in [4.69, 9.17) is 29.4 Å². The van der Waals surface area contributed by atoms with Crippen LogP contribution in [-0.2, 0) is 30.2 Å². The van der Waals surface area contributed by atoms with Crippen LogP contribution in [-0.4, -0.2) is 105 Å². The van der Waals surface area contributed by atoms with E-state index < -0.39 is 101 Å². The zero-order valence-electron chi connectivity index (χ0n) is 27.5. The van der Waals surface area contributed by atoms with E-state index in [9.17, 15) is 39.9 Å². The highest BCUT2D eigenvalue weighted by molar-refractivity contribution is 6.31. The average Bonchev–Trinajstić information content (AvgIpc) is 3.02. The second-order valence-electron chi connectivity index (χ2n) is 12.9. The molecule has 5 rings (SSSR count). The van der Waals surface area contributed by atoms with Gasteiger partial charge in [-0.2, -0.15) is 0 Å². The molecule has 262 valence electrons. The Balaban J connectivity index is 1.49. The van der Waals surface area contributed by atoms with Crippen LogP contribution in [0.15, 0.2) is 18.2 Å². The molecular weight excluding hydrogens is 630 g/mol. The third kappa shape index (κ3) is 6.46. The molecule has 2 aromatic carbocycles. The maximum Gasteiger partial charge on any atom is 0.202 e. The van der Waals surface area contributed by atoms with E-state index in [1.807, 2.05) is 0 Å². The predicted molar refractivity (Wildman–Crippen MR) is 167 cm³/mol. The fourth-order valence-corrected chi connectivity index (χ4v) is 6.76. The van der Waals surface area contributed by atoms with Gasteiger partial charge in [0, 0.05) is 48.4 Å². The van der Waals surface area contributed by atoms with Gasteiger partial charge in [0.15, 0.2) is 24.1 Å². The zero-order valence-corrected chi connectivity index (χ0v) is 27.5. The second-order valence-corrected chi connectivity index (χ2v) is 12.9. The molecule has 0 spiro atoms. The molecule has 14 nitrogen and oxygen atoms in total. The third-order valence-electron chi connectivity index (χ3n) is 9.25. The van der Waals surface area contributed by atoms with Crippen LogP contribution < -0.4 is 10.5 Å². The first kappa shape index (κ1) is 35.8. The molecule has 48 heavy (non-hydrogen) atoms. The number of ether oxygens (including phenoxy) is 5. The number of nitrogens with two attached hydrogens (primary N) is 1. The van der Waals surface area contributed by atoms with E-state index in [1.165, 1.54) is 32.2 Å².